The highest BCUT2D eigenvalue weighted by molar-refractivity contribution is 8.15. The summed E-state index contributed by atoms with van der Waals surface area (Å²) >= 11 is 1.32. The summed E-state index contributed by atoms with van der Waals surface area (Å²) in [5, 5.41) is 6.36. The lowest BCUT2D eigenvalue weighted by molar-refractivity contribution is -0.142. The second-order valence-electron chi connectivity index (χ2n) is 6.72. The highest BCUT2D eigenvalue weighted by atomic mass is 32.2. The number of esters is 1. The molecule has 0 fully saturated rings. The van der Waals surface area contributed by atoms with Crippen LogP contribution in [0.3, 0.4) is 0 Å². The second-order valence-corrected chi connectivity index (χ2v) is 8.09. The summed E-state index contributed by atoms with van der Waals surface area (Å²) in [5.74, 6) is 0.182. The van der Waals surface area contributed by atoms with Crippen molar-refractivity contribution < 1.29 is 19.1 Å². The number of benzene rings is 2. The van der Waals surface area contributed by atoms with Crippen LogP contribution in [0, 0.1) is 0 Å². The van der Waals surface area contributed by atoms with Crippen molar-refractivity contribution in [2.45, 2.75) is 25.5 Å². The van der Waals surface area contributed by atoms with Crippen molar-refractivity contribution in [3.63, 3.8) is 0 Å². The normalized spacial score (nSPS) is 13.5. The number of hydrogen-bond acceptors (Lipinski definition) is 7. The van der Waals surface area contributed by atoms with Gasteiger partial charge in [0.25, 0.3) is 0 Å². The Morgan fingerprint density at radius 3 is 2.77 bits per heavy atom. The third-order valence-corrected chi connectivity index (χ3v) is 5.39. The standard InChI is InChI=1S/C23H25N3O4S/c1-4-30-22(27)14-17-13-21(26-20-11-6-5-10-19(20)24-17)31-15(2)23(28)25-16-8-7-9-18(12-16)29-3/h5-13,15,24H,4,14H2,1-3H3,(H,25,28)/t15-/m0/s1. The van der Waals surface area contributed by atoms with Crippen molar-refractivity contribution in [3.8, 4) is 5.75 Å². The highest BCUT2D eigenvalue weighted by Crippen LogP contribution is 2.32. The molecule has 2 aromatic rings. The van der Waals surface area contributed by atoms with E-state index >= 15 is 0 Å². The Morgan fingerprint density at radius 1 is 1.19 bits per heavy atom. The fourth-order valence-electron chi connectivity index (χ4n) is 2.89. The third kappa shape index (κ3) is 6.36. The van der Waals surface area contributed by atoms with Crippen LogP contribution in [0.5, 0.6) is 5.75 Å². The van der Waals surface area contributed by atoms with Gasteiger partial charge >= 0.3 is 5.97 Å². The molecule has 8 heteroatoms. The number of ether oxygens (including phenoxy) is 2. The fourth-order valence-corrected chi connectivity index (χ4v) is 3.78. The number of thioether (sulfide) groups is 1. The molecule has 1 aliphatic rings. The van der Waals surface area contributed by atoms with E-state index in [9.17, 15) is 9.59 Å². The van der Waals surface area contributed by atoms with Gasteiger partial charge in [0.05, 0.1) is 41.8 Å². The second kappa shape index (κ2) is 10.7. The van der Waals surface area contributed by atoms with Crippen LogP contribution in [-0.2, 0) is 14.3 Å². The maximum absolute atomic E-state index is 12.7. The number of anilines is 2. The van der Waals surface area contributed by atoms with Crippen LogP contribution in [-0.4, -0.2) is 35.9 Å². The minimum absolute atomic E-state index is 0.0894. The van der Waals surface area contributed by atoms with Gasteiger partial charge in [-0.3, -0.25) is 9.59 Å². The Balaban J connectivity index is 1.76. The quantitative estimate of drug-likeness (QED) is 0.606. The zero-order valence-electron chi connectivity index (χ0n) is 17.7. The molecular formula is C23H25N3O4S. The largest absolute Gasteiger partial charge is 0.497 e. The molecule has 0 radical (unpaired) electrons. The summed E-state index contributed by atoms with van der Waals surface area (Å²) in [4.78, 5) is 29.4. The molecule has 3 rings (SSSR count). The summed E-state index contributed by atoms with van der Waals surface area (Å²) in [5.41, 5.74) is 2.85. The summed E-state index contributed by atoms with van der Waals surface area (Å²) in [6, 6.07) is 14.8. The van der Waals surface area contributed by atoms with Crippen molar-refractivity contribution in [2.75, 3.05) is 24.4 Å². The van der Waals surface area contributed by atoms with E-state index in [2.05, 4.69) is 15.6 Å². The van der Waals surface area contributed by atoms with Gasteiger partial charge in [0.15, 0.2) is 0 Å². The number of methoxy groups -OCH3 is 1. The molecule has 0 unspecified atom stereocenters. The monoisotopic (exact) mass is 439 g/mol. The van der Waals surface area contributed by atoms with Gasteiger partial charge in [0, 0.05) is 17.5 Å². The van der Waals surface area contributed by atoms with E-state index in [0.717, 1.165) is 11.4 Å². The van der Waals surface area contributed by atoms with E-state index in [0.29, 0.717) is 28.8 Å². The highest BCUT2D eigenvalue weighted by Gasteiger charge is 2.20. The molecule has 1 aliphatic heterocycles. The van der Waals surface area contributed by atoms with Gasteiger partial charge in [-0.15, -0.1) is 0 Å². The van der Waals surface area contributed by atoms with E-state index < -0.39 is 5.25 Å². The molecule has 1 heterocycles. The lowest BCUT2D eigenvalue weighted by Crippen LogP contribution is -2.23. The number of aliphatic imine (C=N–C) groups is 1. The van der Waals surface area contributed by atoms with Gasteiger partial charge in [-0.2, -0.15) is 0 Å². The van der Waals surface area contributed by atoms with Crippen molar-refractivity contribution >= 4 is 45.7 Å². The molecule has 2 N–H and O–H groups in total. The average Bonchev–Trinajstić information content (AvgIpc) is 2.92. The Morgan fingerprint density at radius 2 is 2.00 bits per heavy atom. The van der Waals surface area contributed by atoms with Crippen LogP contribution in [0.4, 0.5) is 17.1 Å². The van der Waals surface area contributed by atoms with Crippen molar-refractivity contribution in [1.82, 2.24) is 0 Å². The Labute approximate surface area is 185 Å². The van der Waals surface area contributed by atoms with Crippen molar-refractivity contribution in [1.29, 1.82) is 0 Å². The molecule has 162 valence electrons. The Kier molecular flexibility index (Phi) is 7.72. The van der Waals surface area contributed by atoms with E-state index in [4.69, 9.17) is 9.47 Å². The molecule has 31 heavy (non-hydrogen) atoms. The van der Waals surface area contributed by atoms with E-state index in [1.54, 1.807) is 32.2 Å². The topological polar surface area (TPSA) is 89.0 Å². The molecule has 0 bridgehead atoms. The Bertz CT molecular complexity index is 1020. The predicted molar refractivity (Wildman–Crippen MR) is 125 cm³/mol. The van der Waals surface area contributed by atoms with Crippen molar-refractivity contribution in [2.24, 2.45) is 4.99 Å². The van der Waals surface area contributed by atoms with Crippen LogP contribution in [0.2, 0.25) is 0 Å². The number of amides is 1. The molecular weight excluding hydrogens is 414 g/mol. The van der Waals surface area contributed by atoms with Gasteiger partial charge in [0.1, 0.15) is 5.75 Å². The van der Waals surface area contributed by atoms with Crippen LogP contribution < -0.4 is 15.4 Å². The smallest absolute Gasteiger partial charge is 0.311 e. The number of fused-ring (bicyclic) bond motifs is 1. The third-order valence-electron chi connectivity index (χ3n) is 4.37. The number of nitrogens with zero attached hydrogens (tertiary/aromatic N) is 1. The average molecular weight is 440 g/mol. The van der Waals surface area contributed by atoms with Gasteiger partial charge in [-0.1, -0.05) is 30.0 Å². The fraction of sp³-hybridized carbons (Fsp3) is 0.261. The van der Waals surface area contributed by atoms with E-state index in [1.165, 1.54) is 11.8 Å². The SMILES string of the molecule is CCOC(=O)CC1=CC(S[C@@H](C)C(=O)Nc2cccc(OC)c2)=Nc2ccccc2N1. The maximum atomic E-state index is 12.7. The molecule has 1 atom stereocenters. The number of para-hydroxylation sites is 2. The first-order valence-electron chi connectivity index (χ1n) is 9.91. The molecule has 0 aromatic heterocycles. The summed E-state index contributed by atoms with van der Waals surface area (Å²) in [7, 11) is 1.58. The predicted octanol–water partition coefficient (Wildman–Crippen LogP) is 4.75. The van der Waals surface area contributed by atoms with Gasteiger partial charge < -0.3 is 20.1 Å². The van der Waals surface area contributed by atoms with Crippen LogP contribution in [0.1, 0.15) is 20.3 Å². The summed E-state index contributed by atoms with van der Waals surface area (Å²) in [6.45, 7) is 3.90. The maximum Gasteiger partial charge on any atom is 0.311 e. The van der Waals surface area contributed by atoms with Crippen LogP contribution in [0.15, 0.2) is 65.3 Å². The number of carbonyl (C=O) groups is 2. The molecule has 1 amide bonds. The van der Waals surface area contributed by atoms with Crippen molar-refractivity contribution in [3.05, 3.63) is 60.3 Å². The minimum atomic E-state index is -0.421. The summed E-state index contributed by atoms with van der Waals surface area (Å²) < 4.78 is 10.3. The zero-order chi connectivity index (χ0) is 22.2. The van der Waals surface area contributed by atoms with Crippen LogP contribution >= 0.6 is 11.8 Å². The molecule has 0 saturated heterocycles. The molecule has 2 aromatic carbocycles. The molecule has 0 aliphatic carbocycles. The number of hydrogen-bond donors (Lipinski definition) is 2. The first-order valence-corrected chi connectivity index (χ1v) is 10.8. The van der Waals surface area contributed by atoms with E-state index in [1.807, 2.05) is 43.3 Å². The Hall–Kier alpha value is -3.26. The zero-order valence-corrected chi connectivity index (χ0v) is 18.5. The van der Waals surface area contributed by atoms with Crippen LogP contribution in [0.25, 0.3) is 0 Å². The first kappa shape index (κ1) is 22.4. The van der Waals surface area contributed by atoms with E-state index in [-0.39, 0.29) is 18.3 Å². The first-order chi connectivity index (χ1) is 15.0. The molecule has 0 spiro atoms. The van der Waals surface area contributed by atoms with Gasteiger partial charge in [0.2, 0.25) is 5.91 Å². The number of carbonyl (C=O) groups excluding carboxylic acids is 2. The van der Waals surface area contributed by atoms with Gasteiger partial charge in [-0.05, 0) is 44.2 Å². The number of nitrogens with one attached hydrogen (secondary N) is 2. The lowest BCUT2D eigenvalue weighted by atomic mass is 10.2. The number of rotatable bonds is 7. The molecule has 0 saturated carbocycles. The minimum Gasteiger partial charge on any atom is -0.497 e. The van der Waals surface area contributed by atoms with Gasteiger partial charge in [-0.25, -0.2) is 4.99 Å². The lowest BCUT2D eigenvalue weighted by Gasteiger charge is -2.13. The molecule has 7 nitrogen and oxygen atoms in total. The summed E-state index contributed by atoms with van der Waals surface area (Å²) in [6.07, 6.45) is 1.88.